The normalized spacial score (nSPS) is 17.6. The molecule has 1 saturated carbocycles. The van der Waals surface area contributed by atoms with Crippen LogP contribution in [0.3, 0.4) is 0 Å². The molecule has 2 aliphatic rings. The van der Waals surface area contributed by atoms with Crippen LogP contribution in [0.2, 0.25) is 5.02 Å². The molecule has 0 N–H and O–H groups in total. The van der Waals surface area contributed by atoms with Crippen molar-refractivity contribution in [1.82, 2.24) is 14.7 Å². The monoisotopic (exact) mass is 474 g/mol. The van der Waals surface area contributed by atoms with Gasteiger partial charge in [0.15, 0.2) is 0 Å². The van der Waals surface area contributed by atoms with Crippen LogP contribution in [-0.4, -0.2) is 59.2 Å². The lowest BCUT2D eigenvalue weighted by Gasteiger charge is -2.37. The highest BCUT2D eigenvalue weighted by atomic mass is 35.5. The van der Waals surface area contributed by atoms with Crippen LogP contribution in [0.1, 0.15) is 40.5 Å². The second-order valence-electron chi connectivity index (χ2n) is 10.1. The first kappa shape index (κ1) is 23.4. The van der Waals surface area contributed by atoms with Gasteiger partial charge in [-0.2, -0.15) is 9.78 Å². The fraction of sp³-hybridized carbons (Fsp3) is 0.542. The predicted octanol–water partition coefficient (Wildman–Crippen LogP) is 4.12. The third kappa shape index (κ3) is 5.61. The molecule has 0 atom stereocenters. The van der Waals surface area contributed by atoms with E-state index in [-0.39, 0.29) is 22.8 Å². The van der Waals surface area contributed by atoms with Gasteiger partial charge in [-0.25, -0.2) is 4.79 Å². The number of rotatable bonds is 5. The van der Waals surface area contributed by atoms with Crippen LogP contribution in [-0.2, 0) is 4.74 Å². The first-order valence-corrected chi connectivity index (χ1v) is 11.7. The number of carbonyl (C=O) groups excluding carboxylic acids is 1. The zero-order chi connectivity index (χ0) is 23.8. The molecule has 9 heteroatoms. The molecule has 178 valence electrons. The van der Waals surface area contributed by atoms with Crippen LogP contribution < -0.4 is 15.2 Å². The minimum Gasteiger partial charge on any atom is -0.486 e. The van der Waals surface area contributed by atoms with Crippen molar-refractivity contribution in [3.8, 4) is 11.4 Å². The van der Waals surface area contributed by atoms with Gasteiger partial charge in [0.05, 0.1) is 18.5 Å². The highest BCUT2D eigenvalue weighted by Crippen LogP contribution is 2.45. The summed E-state index contributed by atoms with van der Waals surface area (Å²) >= 11 is 6.12. The minimum atomic E-state index is -0.539. The number of ether oxygens (including phenoxy) is 2. The number of aromatic nitrogens is 2. The quantitative estimate of drug-likeness (QED) is 0.648. The third-order valence-electron chi connectivity index (χ3n) is 5.91. The lowest BCUT2D eigenvalue weighted by Crippen LogP contribution is -2.50. The van der Waals surface area contributed by atoms with E-state index in [1.165, 1.54) is 4.68 Å². The van der Waals surface area contributed by atoms with Crippen LogP contribution >= 0.6 is 11.6 Å². The molecule has 0 spiro atoms. The summed E-state index contributed by atoms with van der Waals surface area (Å²) in [6, 6.07) is 7.01. The molecule has 1 amide bonds. The van der Waals surface area contributed by atoms with Gasteiger partial charge in [-0.05, 0) is 51.8 Å². The molecule has 1 aromatic heterocycles. The fourth-order valence-electron chi connectivity index (χ4n) is 3.64. The molecule has 2 aromatic rings. The second kappa shape index (κ2) is 8.89. The van der Waals surface area contributed by atoms with Gasteiger partial charge in [0.2, 0.25) is 5.75 Å². The number of hydrogen-bond donors (Lipinski definition) is 0. The average molecular weight is 475 g/mol. The van der Waals surface area contributed by atoms with E-state index in [0.29, 0.717) is 49.2 Å². The van der Waals surface area contributed by atoms with E-state index in [4.69, 9.17) is 21.1 Å². The number of nitrogens with zero attached hydrogens (tertiary/aromatic N) is 4. The zero-order valence-electron chi connectivity index (χ0n) is 19.6. The summed E-state index contributed by atoms with van der Waals surface area (Å²) in [4.78, 5) is 29.6. The summed E-state index contributed by atoms with van der Waals surface area (Å²) in [5.41, 5.74) is 0.475. The number of benzene rings is 1. The van der Waals surface area contributed by atoms with Crippen molar-refractivity contribution in [2.45, 2.75) is 46.1 Å². The number of anilines is 1. The van der Waals surface area contributed by atoms with Gasteiger partial charge >= 0.3 is 11.7 Å². The maximum Gasteiger partial charge on any atom is 0.410 e. The van der Waals surface area contributed by atoms with E-state index < -0.39 is 5.60 Å². The van der Waals surface area contributed by atoms with Crippen molar-refractivity contribution in [3.63, 3.8) is 0 Å². The molecule has 1 aromatic carbocycles. The van der Waals surface area contributed by atoms with Gasteiger partial charge < -0.3 is 19.3 Å². The molecule has 0 bridgehead atoms. The maximum absolute atomic E-state index is 13.4. The lowest BCUT2D eigenvalue weighted by atomic mass is 10.2. The Hall–Kier alpha value is -2.74. The van der Waals surface area contributed by atoms with Crippen molar-refractivity contribution < 1.29 is 14.3 Å². The summed E-state index contributed by atoms with van der Waals surface area (Å²) in [6.45, 7) is 10.3. The molecular formula is C24H31ClN4O4. The predicted molar refractivity (Wildman–Crippen MR) is 128 cm³/mol. The molecule has 1 aliphatic carbocycles. The van der Waals surface area contributed by atoms with Crippen molar-refractivity contribution in [2.75, 3.05) is 37.7 Å². The van der Waals surface area contributed by atoms with Crippen molar-refractivity contribution >= 4 is 23.4 Å². The van der Waals surface area contributed by atoms with Crippen LogP contribution in [0, 0.1) is 5.41 Å². The van der Waals surface area contributed by atoms with Crippen LogP contribution in [0.4, 0.5) is 10.5 Å². The fourth-order valence-corrected chi connectivity index (χ4v) is 3.83. The van der Waals surface area contributed by atoms with E-state index in [1.807, 2.05) is 25.7 Å². The van der Waals surface area contributed by atoms with E-state index in [0.717, 1.165) is 12.8 Å². The molecular weight excluding hydrogens is 444 g/mol. The number of hydrogen-bond acceptors (Lipinski definition) is 6. The van der Waals surface area contributed by atoms with Crippen LogP contribution in [0.15, 0.2) is 35.3 Å². The second-order valence-corrected chi connectivity index (χ2v) is 10.5. The van der Waals surface area contributed by atoms with Crippen molar-refractivity contribution in [3.05, 3.63) is 45.8 Å². The van der Waals surface area contributed by atoms with Gasteiger partial charge in [0, 0.05) is 36.6 Å². The molecule has 2 fully saturated rings. The van der Waals surface area contributed by atoms with Gasteiger partial charge in [-0.15, -0.1) is 0 Å². The Kier molecular flexibility index (Phi) is 6.31. The van der Waals surface area contributed by atoms with E-state index >= 15 is 0 Å². The highest BCUT2D eigenvalue weighted by molar-refractivity contribution is 6.30. The molecule has 8 nitrogen and oxygen atoms in total. The Labute approximate surface area is 199 Å². The lowest BCUT2D eigenvalue weighted by molar-refractivity contribution is 0.0240. The first-order valence-electron chi connectivity index (χ1n) is 11.3. The molecule has 0 radical (unpaired) electrons. The van der Waals surface area contributed by atoms with Crippen molar-refractivity contribution in [1.29, 1.82) is 0 Å². The molecule has 0 unspecified atom stereocenters. The number of amides is 1. The van der Waals surface area contributed by atoms with Gasteiger partial charge in [0.1, 0.15) is 11.3 Å². The van der Waals surface area contributed by atoms with E-state index in [1.54, 1.807) is 35.4 Å². The topological polar surface area (TPSA) is 76.9 Å². The smallest absolute Gasteiger partial charge is 0.410 e. The molecule has 2 heterocycles. The Balaban J connectivity index is 1.58. The number of piperazine rings is 1. The zero-order valence-corrected chi connectivity index (χ0v) is 20.4. The third-order valence-corrected chi connectivity index (χ3v) is 6.14. The first-order chi connectivity index (χ1) is 15.5. The van der Waals surface area contributed by atoms with Crippen LogP contribution in [0.5, 0.6) is 5.75 Å². The highest BCUT2D eigenvalue weighted by Gasteiger charge is 2.39. The average Bonchev–Trinajstić information content (AvgIpc) is 3.49. The van der Waals surface area contributed by atoms with Crippen LogP contribution in [0.25, 0.3) is 5.69 Å². The largest absolute Gasteiger partial charge is 0.486 e. The summed E-state index contributed by atoms with van der Waals surface area (Å²) in [5.74, 6) is 0.281. The van der Waals surface area contributed by atoms with Crippen molar-refractivity contribution in [2.24, 2.45) is 5.41 Å². The minimum absolute atomic E-state index is 0.114. The molecule has 1 saturated heterocycles. The number of carbonyl (C=O) groups is 1. The van der Waals surface area contributed by atoms with E-state index in [9.17, 15) is 9.59 Å². The van der Waals surface area contributed by atoms with Gasteiger partial charge in [-0.3, -0.25) is 4.79 Å². The van der Waals surface area contributed by atoms with Gasteiger partial charge in [-0.1, -0.05) is 24.6 Å². The van der Waals surface area contributed by atoms with E-state index in [2.05, 4.69) is 12.0 Å². The maximum atomic E-state index is 13.4. The molecule has 33 heavy (non-hydrogen) atoms. The van der Waals surface area contributed by atoms with Gasteiger partial charge in [0.25, 0.3) is 0 Å². The standard InChI is InChI=1S/C24H31ClN4O4/c1-23(2,3)33-22(31)28-12-10-27(11-13-28)19-15-26-29(18-7-5-6-17(25)14-18)21(30)20(19)32-16-24(4)8-9-24/h5-7,14-15H,8-13,16H2,1-4H3. The summed E-state index contributed by atoms with van der Waals surface area (Å²) in [6.07, 6.45) is 3.51. The Morgan fingerprint density at radius 1 is 1.18 bits per heavy atom. The Bertz CT molecular complexity index is 1080. The summed E-state index contributed by atoms with van der Waals surface area (Å²) in [5, 5.41) is 4.93. The molecule has 1 aliphatic heterocycles. The SMILES string of the molecule is CC1(COc2c(N3CCN(C(=O)OC(C)(C)C)CC3)cnn(-c3cccc(Cl)c3)c2=O)CC1. The summed E-state index contributed by atoms with van der Waals surface area (Å²) in [7, 11) is 0. The molecule has 4 rings (SSSR count). The number of halogens is 1. The Morgan fingerprint density at radius 3 is 2.48 bits per heavy atom. The Morgan fingerprint density at radius 2 is 1.88 bits per heavy atom. The summed E-state index contributed by atoms with van der Waals surface area (Å²) < 4.78 is 12.9.